The van der Waals surface area contributed by atoms with Gasteiger partial charge >= 0.3 is 0 Å². The fourth-order valence-electron chi connectivity index (χ4n) is 3.53. The molecule has 1 amide bonds. The zero-order valence-electron chi connectivity index (χ0n) is 13.0. The summed E-state index contributed by atoms with van der Waals surface area (Å²) in [4.78, 5) is 12.2. The highest BCUT2D eigenvalue weighted by atomic mass is 35.5. The summed E-state index contributed by atoms with van der Waals surface area (Å²) in [6.07, 6.45) is 8.83. The Kier molecular flexibility index (Phi) is 7.32. The minimum atomic E-state index is 0. The summed E-state index contributed by atoms with van der Waals surface area (Å²) in [7, 11) is 0. The maximum absolute atomic E-state index is 12.2. The van der Waals surface area contributed by atoms with Crippen LogP contribution in [0.4, 0.5) is 0 Å². The van der Waals surface area contributed by atoms with Gasteiger partial charge < -0.3 is 10.6 Å². The van der Waals surface area contributed by atoms with Gasteiger partial charge in [-0.2, -0.15) is 0 Å². The van der Waals surface area contributed by atoms with Gasteiger partial charge in [0.1, 0.15) is 0 Å². The van der Waals surface area contributed by atoms with E-state index < -0.39 is 0 Å². The van der Waals surface area contributed by atoms with Crippen LogP contribution in [-0.2, 0) is 4.79 Å². The van der Waals surface area contributed by atoms with Gasteiger partial charge in [0.15, 0.2) is 0 Å². The third-order valence-electron chi connectivity index (χ3n) is 5.11. The highest BCUT2D eigenvalue weighted by Crippen LogP contribution is 2.31. The molecule has 2 rings (SSSR count). The van der Waals surface area contributed by atoms with Gasteiger partial charge in [-0.25, -0.2) is 0 Å². The monoisotopic (exact) mass is 302 g/mol. The van der Waals surface area contributed by atoms with Gasteiger partial charge in [0.05, 0.1) is 0 Å². The van der Waals surface area contributed by atoms with E-state index in [9.17, 15) is 4.79 Å². The molecule has 0 spiro atoms. The lowest BCUT2D eigenvalue weighted by atomic mass is 9.81. The van der Waals surface area contributed by atoms with Crippen LogP contribution in [0.5, 0.6) is 0 Å². The first kappa shape index (κ1) is 17.8. The van der Waals surface area contributed by atoms with Crippen molar-refractivity contribution < 1.29 is 4.79 Å². The second-order valence-corrected chi connectivity index (χ2v) is 7.07. The van der Waals surface area contributed by atoms with E-state index in [-0.39, 0.29) is 24.2 Å². The van der Waals surface area contributed by atoms with Crippen molar-refractivity contribution in [1.29, 1.82) is 0 Å². The first-order chi connectivity index (χ1) is 9.09. The molecule has 0 aromatic heterocycles. The fraction of sp³-hybridized carbons (Fsp3) is 0.938. The van der Waals surface area contributed by atoms with Crippen LogP contribution in [0.3, 0.4) is 0 Å². The molecule has 2 aliphatic rings. The number of piperidine rings is 1. The minimum Gasteiger partial charge on any atom is -0.355 e. The van der Waals surface area contributed by atoms with E-state index in [1.54, 1.807) is 0 Å². The molecule has 2 N–H and O–H groups in total. The third kappa shape index (κ3) is 5.25. The summed E-state index contributed by atoms with van der Waals surface area (Å²) >= 11 is 0. The summed E-state index contributed by atoms with van der Waals surface area (Å²) in [5, 5.41) is 6.59. The smallest absolute Gasteiger partial charge is 0.222 e. The van der Waals surface area contributed by atoms with Gasteiger partial charge in [-0.05, 0) is 43.7 Å². The normalized spacial score (nSPS) is 23.9. The van der Waals surface area contributed by atoms with E-state index in [4.69, 9.17) is 0 Å². The molecule has 1 aliphatic heterocycles. The van der Waals surface area contributed by atoms with Crippen molar-refractivity contribution in [2.24, 2.45) is 17.3 Å². The molecule has 0 aromatic carbocycles. The summed E-state index contributed by atoms with van der Waals surface area (Å²) in [5.74, 6) is 1.26. The topological polar surface area (TPSA) is 41.1 Å². The van der Waals surface area contributed by atoms with Crippen molar-refractivity contribution in [1.82, 2.24) is 10.6 Å². The Balaban J connectivity index is 0.00000200. The van der Waals surface area contributed by atoms with Crippen LogP contribution in [0, 0.1) is 17.3 Å². The number of carbonyl (C=O) groups excluding carboxylic acids is 1. The van der Waals surface area contributed by atoms with E-state index >= 15 is 0 Å². The maximum atomic E-state index is 12.2. The zero-order chi connectivity index (χ0) is 13.7. The molecule has 1 heterocycles. The Labute approximate surface area is 130 Å². The molecular weight excluding hydrogens is 272 g/mol. The van der Waals surface area contributed by atoms with Crippen molar-refractivity contribution in [2.75, 3.05) is 19.6 Å². The lowest BCUT2D eigenvalue weighted by molar-refractivity contribution is -0.125. The van der Waals surface area contributed by atoms with Crippen molar-refractivity contribution >= 4 is 18.3 Å². The molecule has 0 aromatic rings. The van der Waals surface area contributed by atoms with Crippen LogP contribution >= 0.6 is 12.4 Å². The number of nitrogens with one attached hydrogen (secondary N) is 2. The van der Waals surface area contributed by atoms with Crippen LogP contribution in [0.25, 0.3) is 0 Å². The Bertz CT molecular complexity index is 297. The highest BCUT2D eigenvalue weighted by Gasteiger charge is 2.28. The molecule has 0 radical (unpaired) electrons. The van der Waals surface area contributed by atoms with E-state index in [1.807, 2.05) is 0 Å². The SMILES string of the molecule is CC(CC1CCCC1)C(=O)NCC1(C)CCNCC1.Cl. The second-order valence-electron chi connectivity index (χ2n) is 7.07. The van der Waals surface area contributed by atoms with Crippen LogP contribution in [0.15, 0.2) is 0 Å². The van der Waals surface area contributed by atoms with Crippen LogP contribution in [0.1, 0.15) is 58.8 Å². The molecule has 2 fully saturated rings. The van der Waals surface area contributed by atoms with E-state index in [1.165, 1.54) is 38.5 Å². The Morgan fingerprint density at radius 1 is 1.30 bits per heavy atom. The molecule has 1 aliphatic carbocycles. The van der Waals surface area contributed by atoms with Gasteiger partial charge in [0, 0.05) is 12.5 Å². The minimum absolute atomic E-state index is 0. The predicted molar refractivity (Wildman–Crippen MR) is 86.2 cm³/mol. The summed E-state index contributed by atoms with van der Waals surface area (Å²) < 4.78 is 0. The molecule has 1 unspecified atom stereocenters. The van der Waals surface area contributed by atoms with Gasteiger partial charge in [-0.3, -0.25) is 4.79 Å². The number of amides is 1. The van der Waals surface area contributed by atoms with Gasteiger partial charge in [-0.1, -0.05) is 39.5 Å². The van der Waals surface area contributed by atoms with Crippen molar-refractivity contribution in [3.05, 3.63) is 0 Å². The van der Waals surface area contributed by atoms with Crippen LogP contribution < -0.4 is 10.6 Å². The first-order valence-electron chi connectivity index (χ1n) is 8.07. The first-order valence-corrected chi connectivity index (χ1v) is 8.07. The van der Waals surface area contributed by atoms with E-state index in [0.29, 0.717) is 5.41 Å². The number of rotatable bonds is 5. The van der Waals surface area contributed by atoms with Crippen LogP contribution in [0.2, 0.25) is 0 Å². The van der Waals surface area contributed by atoms with Gasteiger partial charge in [0.25, 0.3) is 0 Å². The molecule has 0 bridgehead atoms. The standard InChI is InChI=1S/C16H30N2O.ClH/c1-13(11-14-5-3-4-6-14)15(19)18-12-16(2)7-9-17-10-8-16;/h13-14,17H,3-12H2,1-2H3,(H,18,19);1H. The number of hydrogen-bond acceptors (Lipinski definition) is 2. The quantitative estimate of drug-likeness (QED) is 0.819. The largest absolute Gasteiger partial charge is 0.355 e. The molecule has 1 saturated heterocycles. The molecule has 4 heteroatoms. The van der Waals surface area contributed by atoms with Gasteiger partial charge in [0.2, 0.25) is 5.91 Å². The molecule has 3 nitrogen and oxygen atoms in total. The summed E-state index contributed by atoms with van der Waals surface area (Å²) in [5.41, 5.74) is 0.300. The zero-order valence-corrected chi connectivity index (χ0v) is 13.9. The lowest BCUT2D eigenvalue weighted by Gasteiger charge is -2.34. The van der Waals surface area contributed by atoms with Crippen molar-refractivity contribution in [3.8, 4) is 0 Å². The molecular formula is C16H31ClN2O. The Morgan fingerprint density at radius 2 is 1.90 bits per heavy atom. The number of hydrogen-bond donors (Lipinski definition) is 2. The second kappa shape index (κ2) is 8.23. The fourth-order valence-corrected chi connectivity index (χ4v) is 3.53. The average Bonchev–Trinajstić information content (AvgIpc) is 2.90. The molecule has 1 atom stereocenters. The van der Waals surface area contributed by atoms with Crippen molar-refractivity contribution in [3.63, 3.8) is 0 Å². The molecule has 1 saturated carbocycles. The van der Waals surface area contributed by atoms with E-state index in [2.05, 4.69) is 24.5 Å². The van der Waals surface area contributed by atoms with Gasteiger partial charge in [-0.15, -0.1) is 12.4 Å². The maximum Gasteiger partial charge on any atom is 0.222 e. The Hall–Kier alpha value is -0.280. The van der Waals surface area contributed by atoms with Crippen molar-refractivity contribution in [2.45, 2.75) is 58.8 Å². The molecule has 118 valence electrons. The number of carbonyl (C=O) groups is 1. The highest BCUT2D eigenvalue weighted by molar-refractivity contribution is 5.85. The molecule has 20 heavy (non-hydrogen) atoms. The van der Waals surface area contributed by atoms with Crippen LogP contribution in [-0.4, -0.2) is 25.5 Å². The lowest BCUT2D eigenvalue weighted by Crippen LogP contribution is -2.44. The average molecular weight is 303 g/mol. The summed E-state index contributed by atoms with van der Waals surface area (Å²) in [6, 6.07) is 0. The summed E-state index contributed by atoms with van der Waals surface area (Å²) in [6.45, 7) is 7.42. The predicted octanol–water partition coefficient (Wildman–Crippen LogP) is 3.13. The third-order valence-corrected chi connectivity index (χ3v) is 5.11. The Morgan fingerprint density at radius 3 is 2.50 bits per heavy atom. The number of halogens is 1. The van der Waals surface area contributed by atoms with E-state index in [0.717, 1.165) is 32.0 Å².